The lowest BCUT2D eigenvalue weighted by molar-refractivity contribution is -0.143. The maximum absolute atomic E-state index is 12.7. The van der Waals surface area contributed by atoms with E-state index in [0.29, 0.717) is 22.5 Å². The van der Waals surface area contributed by atoms with Crippen LogP contribution in [0.15, 0.2) is 53.2 Å². The van der Waals surface area contributed by atoms with Crippen LogP contribution in [0.1, 0.15) is 33.2 Å². The van der Waals surface area contributed by atoms with Gasteiger partial charge in [0, 0.05) is 0 Å². The van der Waals surface area contributed by atoms with Crippen LogP contribution in [0.5, 0.6) is 0 Å². The molecule has 1 aliphatic rings. The molecule has 0 aliphatic carbocycles. The summed E-state index contributed by atoms with van der Waals surface area (Å²) in [6.07, 6.45) is 1.44. The van der Waals surface area contributed by atoms with E-state index >= 15 is 0 Å². The summed E-state index contributed by atoms with van der Waals surface area (Å²) in [6.45, 7) is 1.28. The zero-order valence-corrected chi connectivity index (χ0v) is 16.7. The molecule has 0 spiro atoms. The average molecular weight is 422 g/mol. The zero-order chi connectivity index (χ0) is 22.7. The van der Waals surface area contributed by atoms with E-state index in [4.69, 9.17) is 5.11 Å². The number of aromatic carboxylic acids is 2. The predicted octanol–water partition coefficient (Wildman–Crippen LogP) is 2.52. The summed E-state index contributed by atoms with van der Waals surface area (Å²) in [4.78, 5) is 52.2. The van der Waals surface area contributed by atoms with Crippen LogP contribution in [0.25, 0.3) is 17.2 Å². The minimum absolute atomic E-state index is 0.00956. The number of carboxylic acids is 2. The van der Waals surface area contributed by atoms with Gasteiger partial charge in [-0.15, -0.1) is 0 Å². The first kappa shape index (κ1) is 21.4. The number of nitrogens with zero attached hydrogens (tertiary/aromatic N) is 2. The van der Waals surface area contributed by atoms with Gasteiger partial charge >= 0.3 is 17.9 Å². The minimum atomic E-state index is -1.14. The van der Waals surface area contributed by atoms with Gasteiger partial charge in [0.1, 0.15) is 18.1 Å². The van der Waals surface area contributed by atoms with Gasteiger partial charge in [-0.05, 0) is 54.0 Å². The molecule has 0 saturated carbocycles. The first-order chi connectivity index (χ1) is 14.7. The molecule has 2 aromatic rings. The van der Waals surface area contributed by atoms with E-state index in [2.05, 4.69) is 9.73 Å². The van der Waals surface area contributed by atoms with Crippen molar-refractivity contribution >= 4 is 35.7 Å². The average Bonchev–Trinajstić information content (AvgIpc) is 3.00. The van der Waals surface area contributed by atoms with Gasteiger partial charge in [0.05, 0.1) is 18.2 Å². The molecule has 0 fully saturated rings. The SMILES string of the molecule is COC(=O)CN1C(=O)C(=Cc2cc(C(=O)O)ccc2-c2ccc(C(=O)O)cc2)N=C1C. The highest BCUT2D eigenvalue weighted by molar-refractivity contribution is 6.15. The van der Waals surface area contributed by atoms with Crippen molar-refractivity contribution in [2.75, 3.05) is 13.7 Å². The quantitative estimate of drug-likeness (QED) is 0.540. The Hall–Kier alpha value is -4.27. The Morgan fingerprint density at radius 3 is 2.23 bits per heavy atom. The van der Waals surface area contributed by atoms with Gasteiger partial charge in [0.2, 0.25) is 0 Å². The van der Waals surface area contributed by atoms with Gasteiger partial charge in [-0.2, -0.15) is 0 Å². The molecule has 9 nitrogen and oxygen atoms in total. The number of amides is 1. The number of hydrogen-bond acceptors (Lipinski definition) is 6. The first-order valence-corrected chi connectivity index (χ1v) is 9.08. The molecule has 0 radical (unpaired) electrons. The normalized spacial score (nSPS) is 14.5. The van der Waals surface area contributed by atoms with Gasteiger partial charge in [0.25, 0.3) is 5.91 Å². The molecule has 2 N–H and O–H groups in total. The van der Waals surface area contributed by atoms with E-state index in [-0.39, 0.29) is 23.4 Å². The number of methoxy groups -OCH3 is 1. The molecule has 0 aromatic heterocycles. The fourth-order valence-corrected chi connectivity index (χ4v) is 3.06. The van der Waals surface area contributed by atoms with Crippen LogP contribution in [0.4, 0.5) is 0 Å². The Morgan fingerprint density at radius 2 is 1.65 bits per heavy atom. The predicted molar refractivity (Wildman–Crippen MR) is 111 cm³/mol. The number of carbonyl (C=O) groups excluding carboxylic acids is 2. The molecule has 1 aliphatic heterocycles. The zero-order valence-electron chi connectivity index (χ0n) is 16.7. The third kappa shape index (κ3) is 4.50. The van der Waals surface area contributed by atoms with Crippen LogP contribution in [-0.2, 0) is 14.3 Å². The third-order valence-electron chi connectivity index (χ3n) is 4.69. The summed E-state index contributed by atoms with van der Waals surface area (Å²) < 4.78 is 4.59. The van der Waals surface area contributed by atoms with Crippen molar-refractivity contribution in [1.82, 2.24) is 4.90 Å². The lowest BCUT2D eigenvalue weighted by Gasteiger charge is -2.13. The monoisotopic (exact) mass is 422 g/mol. The van der Waals surface area contributed by atoms with Crippen LogP contribution in [0, 0.1) is 0 Å². The summed E-state index contributed by atoms with van der Waals surface area (Å²) in [6, 6.07) is 10.4. The van der Waals surface area contributed by atoms with E-state index in [1.54, 1.807) is 25.1 Å². The van der Waals surface area contributed by atoms with Gasteiger partial charge in [0.15, 0.2) is 0 Å². The van der Waals surface area contributed by atoms with Crippen LogP contribution >= 0.6 is 0 Å². The lowest BCUT2D eigenvalue weighted by Crippen LogP contribution is -2.35. The van der Waals surface area contributed by atoms with Crippen molar-refractivity contribution in [2.45, 2.75) is 6.92 Å². The number of carbonyl (C=O) groups is 4. The number of hydrogen-bond donors (Lipinski definition) is 2. The molecular weight excluding hydrogens is 404 g/mol. The lowest BCUT2D eigenvalue weighted by atomic mass is 9.96. The Labute approximate surface area is 176 Å². The second-order valence-corrected chi connectivity index (χ2v) is 6.65. The van der Waals surface area contributed by atoms with Gasteiger partial charge in [-0.1, -0.05) is 18.2 Å². The molecule has 0 atom stereocenters. The number of benzene rings is 2. The van der Waals surface area contributed by atoms with Crippen LogP contribution < -0.4 is 0 Å². The smallest absolute Gasteiger partial charge is 0.335 e. The molecule has 158 valence electrons. The van der Waals surface area contributed by atoms with Crippen molar-refractivity contribution in [2.24, 2.45) is 4.99 Å². The van der Waals surface area contributed by atoms with E-state index < -0.39 is 23.8 Å². The molecule has 1 amide bonds. The molecule has 3 rings (SSSR count). The fourth-order valence-electron chi connectivity index (χ4n) is 3.06. The summed E-state index contributed by atoms with van der Waals surface area (Å²) >= 11 is 0. The second-order valence-electron chi connectivity index (χ2n) is 6.65. The summed E-state index contributed by atoms with van der Waals surface area (Å²) in [5, 5.41) is 18.4. The fraction of sp³-hybridized carbons (Fsp3) is 0.136. The van der Waals surface area contributed by atoms with Crippen molar-refractivity contribution in [1.29, 1.82) is 0 Å². The topological polar surface area (TPSA) is 134 Å². The molecule has 0 bridgehead atoms. The van der Waals surface area contributed by atoms with Crippen LogP contribution in [0.3, 0.4) is 0 Å². The highest BCUT2D eigenvalue weighted by Crippen LogP contribution is 2.29. The van der Waals surface area contributed by atoms with Gasteiger partial charge in [-0.3, -0.25) is 14.5 Å². The minimum Gasteiger partial charge on any atom is -0.478 e. The maximum atomic E-state index is 12.7. The van der Waals surface area contributed by atoms with E-state index in [1.807, 2.05) is 0 Å². The summed E-state index contributed by atoms with van der Waals surface area (Å²) in [7, 11) is 1.21. The number of amidine groups is 1. The standard InChI is InChI=1S/C22H18N2O7/c1-12-23-18(20(26)24(12)11-19(25)31-2)10-16-9-15(22(29)30)7-8-17(16)13-3-5-14(6-4-13)21(27)28/h3-10H,11H2,1-2H3,(H,27,28)(H,29,30). The van der Waals surface area contributed by atoms with Crippen molar-refractivity contribution in [3.8, 4) is 11.1 Å². The third-order valence-corrected chi connectivity index (χ3v) is 4.69. The van der Waals surface area contributed by atoms with E-state index in [0.717, 1.165) is 0 Å². The molecule has 0 saturated heterocycles. The van der Waals surface area contributed by atoms with Crippen molar-refractivity contribution in [3.63, 3.8) is 0 Å². The Kier molecular flexibility index (Phi) is 5.96. The number of esters is 1. The largest absolute Gasteiger partial charge is 0.478 e. The van der Waals surface area contributed by atoms with E-state index in [9.17, 15) is 24.3 Å². The Morgan fingerprint density at radius 1 is 1.03 bits per heavy atom. The highest BCUT2D eigenvalue weighted by atomic mass is 16.5. The number of ether oxygens (including phenoxy) is 1. The summed E-state index contributed by atoms with van der Waals surface area (Å²) in [5.74, 6) is -3.02. The Bertz CT molecular complexity index is 1150. The number of carboxylic acid groups (broad SMARTS) is 2. The first-order valence-electron chi connectivity index (χ1n) is 9.08. The summed E-state index contributed by atoms with van der Waals surface area (Å²) in [5.41, 5.74) is 1.77. The van der Waals surface area contributed by atoms with E-state index in [1.165, 1.54) is 42.4 Å². The number of rotatable bonds is 6. The van der Waals surface area contributed by atoms with Gasteiger partial charge in [-0.25, -0.2) is 14.6 Å². The van der Waals surface area contributed by atoms with Gasteiger partial charge < -0.3 is 14.9 Å². The van der Waals surface area contributed by atoms with Crippen LogP contribution in [0.2, 0.25) is 0 Å². The highest BCUT2D eigenvalue weighted by Gasteiger charge is 2.29. The molecule has 1 heterocycles. The Balaban J connectivity index is 2.06. The maximum Gasteiger partial charge on any atom is 0.335 e. The molecule has 0 unspecified atom stereocenters. The van der Waals surface area contributed by atoms with Crippen molar-refractivity contribution < 1.29 is 34.1 Å². The molecule has 2 aromatic carbocycles. The van der Waals surface area contributed by atoms with Crippen molar-refractivity contribution in [3.05, 3.63) is 64.9 Å². The molecular formula is C22H18N2O7. The number of aliphatic imine (C=N–C) groups is 1. The van der Waals surface area contributed by atoms with Crippen LogP contribution in [-0.4, -0.2) is 58.4 Å². The molecule has 9 heteroatoms. The second kappa shape index (κ2) is 8.62. The molecule has 31 heavy (non-hydrogen) atoms.